The fourth-order valence-corrected chi connectivity index (χ4v) is 3.77. The lowest BCUT2D eigenvalue weighted by molar-refractivity contribution is -0.134. The predicted octanol–water partition coefficient (Wildman–Crippen LogP) is 1.64. The minimum absolute atomic E-state index is 0. The Kier molecular flexibility index (Phi) is 5.32. The van der Waals surface area contributed by atoms with Gasteiger partial charge in [0.1, 0.15) is 0 Å². The van der Waals surface area contributed by atoms with E-state index >= 15 is 0 Å². The summed E-state index contributed by atoms with van der Waals surface area (Å²) < 4.78 is 0. The van der Waals surface area contributed by atoms with Crippen LogP contribution >= 0.6 is 12.4 Å². The van der Waals surface area contributed by atoms with Gasteiger partial charge in [-0.05, 0) is 25.7 Å². The van der Waals surface area contributed by atoms with Gasteiger partial charge >= 0.3 is 0 Å². The van der Waals surface area contributed by atoms with Gasteiger partial charge in [0.05, 0.1) is 6.54 Å². The smallest absolute Gasteiger partial charge is 0.236 e. The van der Waals surface area contributed by atoms with Crippen molar-refractivity contribution in [3.8, 4) is 0 Å². The van der Waals surface area contributed by atoms with Gasteiger partial charge in [-0.15, -0.1) is 12.4 Å². The zero-order chi connectivity index (χ0) is 13.3. The van der Waals surface area contributed by atoms with E-state index in [-0.39, 0.29) is 17.9 Å². The van der Waals surface area contributed by atoms with Crippen LogP contribution in [0.15, 0.2) is 0 Å². The average Bonchev–Trinajstić information content (AvgIpc) is 3.26. The number of carbonyl (C=O) groups excluding carboxylic acids is 1. The third-order valence-electron chi connectivity index (χ3n) is 5.28. The molecule has 0 bridgehead atoms. The molecule has 1 amide bonds. The van der Waals surface area contributed by atoms with E-state index in [1.807, 2.05) is 11.9 Å². The Morgan fingerprint density at radius 1 is 1.30 bits per heavy atom. The zero-order valence-electron chi connectivity index (χ0n) is 12.6. The molecule has 1 aliphatic heterocycles. The monoisotopic (exact) mass is 301 g/mol. The van der Waals surface area contributed by atoms with Gasteiger partial charge in [0, 0.05) is 38.3 Å². The molecule has 0 atom stereocenters. The summed E-state index contributed by atoms with van der Waals surface area (Å²) in [4.78, 5) is 16.9. The Morgan fingerprint density at radius 2 is 2.00 bits per heavy atom. The van der Waals surface area contributed by atoms with E-state index < -0.39 is 0 Å². The molecule has 1 heterocycles. The van der Waals surface area contributed by atoms with Crippen molar-refractivity contribution in [1.29, 1.82) is 0 Å². The summed E-state index contributed by atoms with van der Waals surface area (Å²) in [5, 5.41) is 3.55. The number of hydrogen-bond acceptors (Lipinski definition) is 3. The van der Waals surface area contributed by atoms with Crippen molar-refractivity contribution in [1.82, 2.24) is 15.1 Å². The molecule has 20 heavy (non-hydrogen) atoms. The van der Waals surface area contributed by atoms with Gasteiger partial charge in [-0.25, -0.2) is 0 Å². The quantitative estimate of drug-likeness (QED) is 0.861. The number of nitrogens with zero attached hydrogens (tertiary/aromatic N) is 2. The van der Waals surface area contributed by atoms with Crippen molar-refractivity contribution < 1.29 is 4.79 Å². The fourth-order valence-electron chi connectivity index (χ4n) is 3.77. The molecule has 0 unspecified atom stereocenters. The summed E-state index contributed by atoms with van der Waals surface area (Å²) in [6.07, 6.45) is 8.95. The summed E-state index contributed by atoms with van der Waals surface area (Å²) in [5.41, 5.74) is 0.274. The van der Waals surface area contributed by atoms with E-state index in [0.29, 0.717) is 18.5 Å². The number of carbonyl (C=O) groups is 1. The van der Waals surface area contributed by atoms with E-state index in [2.05, 4.69) is 10.2 Å². The molecule has 0 aromatic heterocycles. The number of nitrogens with one attached hydrogen (secondary N) is 1. The Balaban J connectivity index is 0.00000147. The Bertz CT molecular complexity index is 332. The van der Waals surface area contributed by atoms with Crippen molar-refractivity contribution >= 4 is 18.3 Å². The Hall–Kier alpha value is -0.320. The van der Waals surface area contributed by atoms with E-state index in [9.17, 15) is 4.79 Å². The van der Waals surface area contributed by atoms with Crippen molar-refractivity contribution in [2.24, 2.45) is 0 Å². The second-order valence-corrected chi connectivity index (χ2v) is 6.62. The average molecular weight is 302 g/mol. The van der Waals surface area contributed by atoms with Crippen LogP contribution in [0.1, 0.15) is 44.9 Å². The van der Waals surface area contributed by atoms with Crippen molar-refractivity contribution in [2.45, 2.75) is 56.5 Å². The van der Waals surface area contributed by atoms with Gasteiger partial charge in [-0.2, -0.15) is 0 Å². The van der Waals surface area contributed by atoms with Crippen LogP contribution in [0.25, 0.3) is 0 Å². The zero-order valence-corrected chi connectivity index (χ0v) is 13.4. The molecule has 2 aliphatic carbocycles. The highest BCUT2D eigenvalue weighted by molar-refractivity contribution is 5.85. The predicted molar refractivity (Wildman–Crippen MR) is 83.3 cm³/mol. The molecule has 2 saturated carbocycles. The van der Waals surface area contributed by atoms with Crippen molar-refractivity contribution in [3.05, 3.63) is 0 Å². The third-order valence-corrected chi connectivity index (χ3v) is 5.28. The van der Waals surface area contributed by atoms with Gasteiger partial charge in [0.25, 0.3) is 0 Å². The molecular formula is C15H28ClN3O. The molecule has 1 spiro atoms. The number of likely N-dealkylation sites (N-methyl/N-ethyl adjacent to an activating group) is 1. The largest absolute Gasteiger partial charge is 0.342 e. The number of piperazine rings is 1. The lowest BCUT2D eigenvalue weighted by atomic mass is 9.79. The van der Waals surface area contributed by atoms with Crippen molar-refractivity contribution in [3.63, 3.8) is 0 Å². The SMILES string of the molecule is CN(C(=O)CN1CCNCC12CCCCC2)C1CC1.Cl. The van der Waals surface area contributed by atoms with Crippen LogP contribution in [0, 0.1) is 0 Å². The van der Waals surface area contributed by atoms with E-state index in [1.54, 1.807) is 0 Å². The molecule has 3 rings (SSSR count). The fraction of sp³-hybridized carbons (Fsp3) is 0.933. The molecular weight excluding hydrogens is 274 g/mol. The topological polar surface area (TPSA) is 35.6 Å². The summed E-state index contributed by atoms with van der Waals surface area (Å²) in [6.45, 7) is 3.77. The number of hydrogen-bond donors (Lipinski definition) is 1. The van der Waals surface area contributed by atoms with Crippen LogP contribution in [0.4, 0.5) is 0 Å². The highest BCUT2D eigenvalue weighted by atomic mass is 35.5. The van der Waals surface area contributed by atoms with E-state index in [0.717, 1.165) is 19.6 Å². The third kappa shape index (κ3) is 3.29. The van der Waals surface area contributed by atoms with Gasteiger partial charge in [-0.3, -0.25) is 9.69 Å². The maximum Gasteiger partial charge on any atom is 0.236 e. The Morgan fingerprint density at radius 3 is 2.65 bits per heavy atom. The molecule has 0 aromatic rings. The molecule has 5 heteroatoms. The minimum atomic E-state index is 0. The second-order valence-electron chi connectivity index (χ2n) is 6.62. The normalized spacial score (nSPS) is 26.1. The van der Waals surface area contributed by atoms with Gasteiger partial charge < -0.3 is 10.2 Å². The van der Waals surface area contributed by atoms with Crippen LogP contribution in [0.3, 0.4) is 0 Å². The highest BCUT2D eigenvalue weighted by Gasteiger charge is 2.41. The molecule has 1 saturated heterocycles. The minimum Gasteiger partial charge on any atom is -0.342 e. The first kappa shape index (κ1) is 16.1. The molecule has 116 valence electrons. The highest BCUT2D eigenvalue weighted by Crippen LogP contribution is 2.34. The molecule has 4 nitrogen and oxygen atoms in total. The van der Waals surface area contributed by atoms with Crippen LogP contribution < -0.4 is 5.32 Å². The van der Waals surface area contributed by atoms with Crippen LogP contribution in [-0.2, 0) is 4.79 Å². The molecule has 0 aromatic carbocycles. The van der Waals surface area contributed by atoms with Crippen LogP contribution in [0.5, 0.6) is 0 Å². The summed E-state index contributed by atoms with van der Waals surface area (Å²) >= 11 is 0. The number of rotatable bonds is 3. The molecule has 1 N–H and O–H groups in total. The molecule has 3 aliphatic rings. The summed E-state index contributed by atoms with van der Waals surface area (Å²) in [6, 6.07) is 0.540. The Labute approximate surface area is 128 Å². The van der Waals surface area contributed by atoms with Crippen LogP contribution in [-0.4, -0.2) is 60.5 Å². The van der Waals surface area contributed by atoms with Crippen LogP contribution in [0.2, 0.25) is 0 Å². The number of halogens is 1. The molecule has 0 radical (unpaired) electrons. The summed E-state index contributed by atoms with van der Waals surface area (Å²) in [7, 11) is 1.98. The van der Waals surface area contributed by atoms with E-state index in [4.69, 9.17) is 0 Å². The first-order valence-corrected chi connectivity index (χ1v) is 7.93. The van der Waals surface area contributed by atoms with Gasteiger partial charge in [-0.1, -0.05) is 19.3 Å². The maximum atomic E-state index is 12.4. The maximum absolute atomic E-state index is 12.4. The molecule has 3 fully saturated rings. The first-order valence-electron chi connectivity index (χ1n) is 7.93. The van der Waals surface area contributed by atoms with Crippen molar-refractivity contribution in [2.75, 3.05) is 33.2 Å². The number of amides is 1. The standard InChI is InChI=1S/C15H27N3O.ClH/c1-17(13-5-6-13)14(19)11-18-10-9-16-12-15(18)7-3-2-4-8-15;/h13,16H,2-12H2,1H3;1H. The summed E-state index contributed by atoms with van der Waals surface area (Å²) in [5.74, 6) is 0.328. The van der Waals surface area contributed by atoms with Gasteiger partial charge in [0.15, 0.2) is 0 Å². The lowest BCUT2D eigenvalue weighted by Gasteiger charge is -2.49. The lowest BCUT2D eigenvalue weighted by Crippen LogP contribution is -2.63. The second kappa shape index (κ2) is 6.63. The first-order chi connectivity index (χ1) is 9.21. The van der Waals surface area contributed by atoms with E-state index in [1.165, 1.54) is 44.9 Å². The van der Waals surface area contributed by atoms with Gasteiger partial charge in [0.2, 0.25) is 5.91 Å².